The van der Waals surface area contributed by atoms with Crippen LogP contribution in [0.15, 0.2) is 47.4 Å². The lowest BCUT2D eigenvalue weighted by atomic mass is 10.2. The van der Waals surface area contributed by atoms with Crippen LogP contribution in [-0.4, -0.2) is 22.1 Å². The van der Waals surface area contributed by atoms with Crippen molar-refractivity contribution in [1.29, 1.82) is 5.26 Å². The monoisotopic (exact) mass is 354 g/mol. The van der Waals surface area contributed by atoms with Crippen molar-refractivity contribution >= 4 is 15.7 Å². The Labute approximate surface area is 137 Å². The standard InChI is InChI=1S/C15H12F2N2O4S/c1-22-13-6-5-11(8-14(13)23-15(16)17)19-24(20,21)12-4-2-3-10(7-12)9-18/h2-8,15,19H,1H3. The normalized spacial score (nSPS) is 11.0. The molecule has 0 spiro atoms. The first-order chi connectivity index (χ1) is 11.4. The summed E-state index contributed by atoms with van der Waals surface area (Å²) >= 11 is 0. The minimum Gasteiger partial charge on any atom is -0.493 e. The Balaban J connectivity index is 2.34. The van der Waals surface area contributed by atoms with E-state index in [1.807, 2.05) is 6.07 Å². The Morgan fingerprint density at radius 1 is 1.17 bits per heavy atom. The summed E-state index contributed by atoms with van der Waals surface area (Å²) < 4.78 is 60.9. The Bertz CT molecular complexity index is 879. The van der Waals surface area contributed by atoms with Crippen molar-refractivity contribution in [3.63, 3.8) is 0 Å². The summed E-state index contributed by atoms with van der Waals surface area (Å²) in [6.45, 7) is -3.09. The van der Waals surface area contributed by atoms with Gasteiger partial charge in [0.25, 0.3) is 10.0 Å². The predicted octanol–water partition coefficient (Wildman–Crippen LogP) is 2.97. The molecule has 126 valence electrons. The molecule has 0 bridgehead atoms. The number of nitrogens with zero attached hydrogens (tertiary/aromatic N) is 1. The van der Waals surface area contributed by atoms with E-state index in [9.17, 15) is 17.2 Å². The number of methoxy groups -OCH3 is 1. The number of rotatable bonds is 6. The van der Waals surface area contributed by atoms with E-state index in [0.29, 0.717) is 0 Å². The first-order valence-corrected chi connectivity index (χ1v) is 8.00. The quantitative estimate of drug-likeness (QED) is 0.861. The van der Waals surface area contributed by atoms with Gasteiger partial charge in [0.2, 0.25) is 0 Å². The first kappa shape index (κ1) is 17.5. The van der Waals surface area contributed by atoms with Crippen LogP contribution in [0.4, 0.5) is 14.5 Å². The largest absolute Gasteiger partial charge is 0.493 e. The Morgan fingerprint density at radius 2 is 1.92 bits per heavy atom. The van der Waals surface area contributed by atoms with Crippen LogP contribution in [0.5, 0.6) is 11.5 Å². The summed E-state index contributed by atoms with van der Waals surface area (Å²) in [7, 11) is -2.73. The fourth-order valence-corrected chi connectivity index (χ4v) is 2.97. The van der Waals surface area contributed by atoms with E-state index < -0.39 is 16.6 Å². The highest BCUT2D eigenvalue weighted by Crippen LogP contribution is 2.32. The second kappa shape index (κ2) is 7.14. The van der Waals surface area contributed by atoms with Crippen LogP contribution in [0.1, 0.15) is 5.56 Å². The molecular formula is C15H12F2N2O4S. The van der Waals surface area contributed by atoms with Gasteiger partial charge >= 0.3 is 6.61 Å². The minimum absolute atomic E-state index is 0.00816. The number of sulfonamides is 1. The van der Waals surface area contributed by atoms with Crippen LogP contribution >= 0.6 is 0 Å². The average molecular weight is 354 g/mol. The highest BCUT2D eigenvalue weighted by atomic mass is 32.2. The first-order valence-electron chi connectivity index (χ1n) is 6.51. The molecule has 0 aliphatic rings. The van der Waals surface area contributed by atoms with Crippen LogP contribution in [0, 0.1) is 11.3 Å². The zero-order valence-corrected chi connectivity index (χ0v) is 13.2. The Kier molecular flexibility index (Phi) is 5.21. The summed E-state index contributed by atoms with van der Waals surface area (Å²) in [6, 6.07) is 10.9. The van der Waals surface area contributed by atoms with Crippen molar-refractivity contribution in [2.45, 2.75) is 11.5 Å². The number of hydrogen-bond donors (Lipinski definition) is 1. The number of hydrogen-bond acceptors (Lipinski definition) is 5. The third kappa shape index (κ3) is 4.11. The van der Waals surface area contributed by atoms with E-state index >= 15 is 0 Å². The fraction of sp³-hybridized carbons (Fsp3) is 0.133. The highest BCUT2D eigenvalue weighted by molar-refractivity contribution is 7.92. The topological polar surface area (TPSA) is 88.4 Å². The second-order valence-corrected chi connectivity index (χ2v) is 6.17. The Hall–Kier alpha value is -2.86. The van der Waals surface area contributed by atoms with Gasteiger partial charge in [-0.1, -0.05) is 6.07 Å². The molecule has 6 nitrogen and oxygen atoms in total. The average Bonchev–Trinajstić information content (AvgIpc) is 2.54. The van der Waals surface area contributed by atoms with Gasteiger partial charge in [-0.2, -0.15) is 14.0 Å². The maximum absolute atomic E-state index is 12.4. The van der Waals surface area contributed by atoms with Crippen molar-refractivity contribution in [2.75, 3.05) is 11.8 Å². The second-order valence-electron chi connectivity index (χ2n) is 4.49. The van der Waals surface area contributed by atoms with E-state index in [0.717, 1.165) is 6.07 Å². The summed E-state index contributed by atoms with van der Waals surface area (Å²) in [5.74, 6) is -0.275. The Morgan fingerprint density at radius 3 is 2.54 bits per heavy atom. The number of anilines is 1. The van der Waals surface area contributed by atoms with Gasteiger partial charge in [0, 0.05) is 6.07 Å². The summed E-state index contributed by atoms with van der Waals surface area (Å²) in [6.07, 6.45) is 0. The maximum Gasteiger partial charge on any atom is 0.387 e. The van der Waals surface area contributed by atoms with Crippen LogP contribution in [0.25, 0.3) is 0 Å². The van der Waals surface area contributed by atoms with Gasteiger partial charge in [0.15, 0.2) is 11.5 Å². The number of alkyl halides is 2. The lowest BCUT2D eigenvalue weighted by Crippen LogP contribution is -2.13. The summed E-state index contributed by atoms with van der Waals surface area (Å²) in [4.78, 5) is -0.131. The van der Waals surface area contributed by atoms with E-state index in [1.165, 1.54) is 43.5 Å². The molecular weight excluding hydrogens is 342 g/mol. The molecule has 1 N–H and O–H groups in total. The van der Waals surface area contributed by atoms with E-state index in [2.05, 4.69) is 9.46 Å². The third-order valence-corrected chi connectivity index (χ3v) is 4.28. The molecule has 2 rings (SSSR count). The van der Waals surface area contributed by atoms with E-state index in [1.54, 1.807) is 0 Å². The molecule has 0 aliphatic heterocycles. The molecule has 0 saturated heterocycles. The predicted molar refractivity (Wildman–Crippen MR) is 81.6 cm³/mol. The molecule has 0 fully saturated rings. The van der Waals surface area contributed by atoms with Gasteiger partial charge < -0.3 is 9.47 Å². The molecule has 2 aromatic carbocycles. The van der Waals surface area contributed by atoms with Crippen molar-refractivity contribution in [1.82, 2.24) is 0 Å². The molecule has 0 aliphatic carbocycles. The molecule has 0 radical (unpaired) electrons. The van der Waals surface area contributed by atoms with Crippen molar-refractivity contribution in [2.24, 2.45) is 0 Å². The zero-order valence-electron chi connectivity index (χ0n) is 12.4. The van der Waals surface area contributed by atoms with Gasteiger partial charge in [-0.3, -0.25) is 4.72 Å². The molecule has 2 aromatic rings. The smallest absolute Gasteiger partial charge is 0.387 e. The van der Waals surface area contributed by atoms with E-state index in [4.69, 9.17) is 10.00 Å². The molecule has 0 atom stereocenters. The molecule has 9 heteroatoms. The molecule has 0 unspecified atom stereocenters. The van der Waals surface area contributed by atoms with E-state index in [-0.39, 0.29) is 27.6 Å². The lowest BCUT2D eigenvalue weighted by molar-refractivity contribution is -0.0511. The number of ether oxygens (including phenoxy) is 2. The lowest BCUT2D eigenvalue weighted by Gasteiger charge is -2.13. The SMILES string of the molecule is COc1ccc(NS(=O)(=O)c2cccc(C#N)c2)cc1OC(F)F. The number of halogens is 2. The number of nitrogens with one attached hydrogen (secondary N) is 1. The van der Waals surface area contributed by atoms with Gasteiger partial charge in [-0.25, -0.2) is 8.42 Å². The third-order valence-electron chi connectivity index (χ3n) is 2.91. The minimum atomic E-state index is -4.00. The van der Waals surface area contributed by atoms with Crippen molar-refractivity contribution in [3.8, 4) is 17.6 Å². The fourth-order valence-electron chi connectivity index (χ4n) is 1.88. The van der Waals surface area contributed by atoms with Crippen LogP contribution in [0.3, 0.4) is 0 Å². The van der Waals surface area contributed by atoms with Crippen molar-refractivity contribution in [3.05, 3.63) is 48.0 Å². The van der Waals surface area contributed by atoms with Crippen LogP contribution in [0.2, 0.25) is 0 Å². The number of nitriles is 1. The van der Waals surface area contributed by atoms with Gasteiger partial charge in [-0.15, -0.1) is 0 Å². The molecule has 0 saturated carbocycles. The van der Waals surface area contributed by atoms with Gasteiger partial charge in [-0.05, 0) is 30.3 Å². The summed E-state index contributed by atoms with van der Waals surface area (Å²) in [5.41, 5.74) is 0.183. The zero-order chi connectivity index (χ0) is 17.7. The highest BCUT2D eigenvalue weighted by Gasteiger charge is 2.17. The molecule has 0 heterocycles. The van der Waals surface area contributed by atoms with Gasteiger partial charge in [0.05, 0.1) is 29.3 Å². The maximum atomic E-state index is 12.4. The van der Waals surface area contributed by atoms with Crippen LogP contribution in [-0.2, 0) is 10.0 Å². The summed E-state index contributed by atoms with van der Waals surface area (Å²) in [5, 5.41) is 8.83. The molecule has 24 heavy (non-hydrogen) atoms. The number of benzene rings is 2. The van der Waals surface area contributed by atoms with Crippen molar-refractivity contribution < 1.29 is 26.7 Å². The molecule has 0 aromatic heterocycles. The van der Waals surface area contributed by atoms with Crippen LogP contribution < -0.4 is 14.2 Å². The molecule has 0 amide bonds. The van der Waals surface area contributed by atoms with Gasteiger partial charge in [0.1, 0.15) is 0 Å².